The van der Waals surface area contributed by atoms with Crippen molar-refractivity contribution in [1.82, 2.24) is 9.55 Å². The normalized spacial score (nSPS) is 17.8. The highest BCUT2D eigenvalue weighted by molar-refractivity contribution is 5.18. The third-order valence-electron chi connectivity index (χ3n) is 3.18. The van der Waals surface area contributed by atoms with Crippen molar-refractivity contribution in [2.45, 2.75) is 46.1 Å². The van der Waals surface area contributed by atoms with Gasteiger partial charge in [-0.1, -0.05) is 13.8 Å². The number of aromatic nitrogens is 2. The molecule has 3 nitrogen and oxygen atoms in total. The minimum atomic E-state index is -0.0865. The van der Waals surface area contributed by atoms with Crippen LogP contribution in [0.5, 0.6) is 0 Å². The Morgan fingerprint density at radius 1 is 1.60 bits per heavy atom. The fraction of sp³-hybridized carbons (Fsp3) is 0.667. The molecule has 0 aliphatic heterocycles. The van der Waals surface area contributed by atoms with Crippen molar-refractivity contribution in [3.05, 3.63) is 17.7 Å². The van der Waals surface area contributed by atoms with Gasteiger partial charge in [-0.05, 0) is 25.7 Å². The van der Waals surface area contributed by atoms with Gasteiger partial charge in [-0.15, -0.1) is 0 Å². The zero-order valence-corrected chi connectivity index (χ0v) is 9.62. The predicted molar refractivity (Wildman–Crippen MR) is 58.3 cm³/mol. The highest BCUT2D eigenvalue weighted by Gasteiger charge is 2.43. The van der Waals surface area contributed by atoms with Crippen molar-refractivity contribution in [1.29, 1.82) is 5.26 Å². The summed E-state index contributed by atoms with van der Waals surface area (Å²) >= 11 is 0. The molecule has 1 fully saturated rings. The number of hydrogen-bond donors (Lipinski definition) is 0. The maximum Gasteiger partial charge on any atom is 0.0952 e. The van der Waals surface area contributed by atoms with Crippen molar-refractivity contribution in [2.75, 3.05) is 0 Å². The van der Waals surface area contributed by atoms with Crippen molar-refractivity contribution in [3.63, 3.8) is 0 Å². The van der Waals surface area contributed by atoms with Gasteiger partial charge in [-0.3, -0.25) is 0 Å². The van der Waals surface area contributed by atoms with E-state index in [4.69, 9.17) is 5.26 Å². The van der Waals surface area contributed by atoms with Gasteiger partial charge in [0.15, 0.2) is 0 Å². The molecule has 1 heterocycles. The number of hydrogen-bond acceptors (Lipinski definition) is 2. The fourth-order valence-corrected chi connectivity index (χ4v) is 2.15. The third kappa shape index (κ3) is 1.77. The molecule has 15 heavy (non-hydrogen) atoms. The smallest absolute Gasteiger partial charge is 0.0952 e. The van der Waals surface area contributed by atoms with Crippen molar-refractivity contribution >= 4 is 0 Å². The van der Waals surface area contributed by atoms with E-state index >= 15 is 0 Å². The molecule has 80 valence electrons. The van der Waals surface area contributed by atoms with E-state index in [1.165, 1.54) is 5.69 Å². The van der Waals surface area contributed by atoms with Crippen LogP contribution in [0, 0.1) is 23.7 Å². The van der Waals surface area contributed by atoms with Gasteiger partial charge in [-0.2, -0.15) is 5.26 Å². The van der Waals surface area contributed by atoms with E-state index in [-0.39, 0.29) is 5.41 Å². The molecule has 1 aromatic heterocycles. The van der Waals surface area contributed by atoms with Crippen LogP contribution in [-0.2, 0) is 6.54 Å². The van der Waals surface area contributed by atoms with Gasteiger partial charge in [0.25, 0.3) is 0 Å². The summed E-state index contributed by atoms with van der Waals surface area (Å²) in [6.07, 6.45) is 3.96. The second-order valence-corrected chi connectivity index (χ2v) is 4.89. The summed E-state index contributed by atoms with van der Waals surface area (Å²) in [5, 5.41) is 9.07. The molecule has 0 atom stereocenters. The van der Waals surface area contributed by atoms with E-state index in [9.17, 15) is 0 Å². The van der Waals surface area contributed by atoms with Crippen LogP contribution < -0.4 is 0 Å². The topological polar surface area (TPSA) is 41.6 Å². The van der Waals surface area contributed by atoms with Crippen molar-refractivity contribution in [2.24, 2.45) is 5.41 Å². The van der Waals surface area contributed by atoms with Gasteiger partial charge in [0.05, 0.1) is 23.5 Å². The van der Waals surface area contributed by atoms with Gasteiger partial charge < -0.3 is 4.57 Å². The van der Waals surface area contributed by atoms with Crippen LogP contribution in [0.1, 0.15) is 44.0 Å². The van der Waals surface area contributed by atoms with Crippen LogP contribution in [-0.4, -0.2) is 9.55 Å². The number of imidazole rings is 1. The molecule has 0 bridgehead atoms. The molecule has 0 aromatic carbocycles. The Morgan fingerprint density at radius 2 is 2.27 bits per heavy atom. The summed E-state index contributed by atoms with van der Waals surface area (Å²) in [6, 6.07) is 2.43. The largest absolute Gasteiger partial charge is 0.332 e. The number of aryl methyl sites for hydroxylation is 1. The van der Waals surface area contributed by atoms with Gasteiger partial charge in [0.2, 0.25) is 0 Å². The Bertz CT molecular complexity index is 405. The second-order valence-electron chi connectivity index (χ2n) is 4.89. The summed E-state index contributed by atoms with van der Waals surface area (Å²) in [6.45, 7) is 7.20. The van der Waals surface area contributed by atoms with Crippen molar-refractivity contribution < 1.29 is 0 Å². The van der Waals surface area contributed by atoms with Crippen LogP contribution in [0.25, 0.3) is 0 Å². The van der Waals surface area contributed by atoms with Crippen LogP contribution in [0.2, 0.25) is 0 Å². The Morgan fingerprint density at radius 3 is 2.73 bits per heavy atom. The predicted octanol–water partition coefficient (Wildman–Crippen LogP) is 2.62. The van der Waals surface area contributed by atoms with E-state index in [1.807, 2.05) is 13.3 Å². The number of nitrogens with zero attached hydrogens (tertiary/aromatic N) is 3. The molecule has 0 N–H and O–H groups in total. The zero-order chi connectivity index (χ0) is 11.1. The minimum absolute atomic E-state index is 0.0865. The zero-order valence-electron chi connectivity index (χ0n) is 9.62. The van der Waals surface area contributed by atoms with Gasteiger partial charge in [0, 0.05) is 12.2 Å². The highest BCUT2D eigenvalue weighted by atomic mass is 15.1. The maximum absolute atomic E-state index is 9.07. The first-order valence-electron chi connectivity index (χ1n) is 5.51. The van der Waals surface area contributed by atoms with E-state index < -0.39 is 0 Å². The second kappa shape index (κ2) is 3.37. The Balaban J connectivity index is 2.26. The van der Waals surface area contributed by atoms with Crippen LogP contribution in [0.15, 0.2) is 6.33 Å². The SMILES string of the molecule is Cc1ncn(CC2(C#N)CC2)c1C(C)C. The van der Waals surface area contributed by atoms with Crippen LogP contribution in [0.3, 0.4) is 0 Å². The molecule has 1 aliphatic carbocycles. The Labute approximate surface area is 90.7 Å². The fourth-order valence-electron chi connectivity index (χ4n) is 2.15. The molecule has 3 heteroatoms. The van der Waals surface area contributed by atoms with Gasteiger partial charge in [-0.25, -0.2) is 4.98 Å². The molecule has 0 radical (unpaired) electrons. The first-order chi connectivity index (χ1) is 7.08. The lowest BCUT2D eigenvalue weighted by Gasteiger charge is -2.14. The summed E-state index contributed by atoms with van der Waals surface area (Å²) in [7, 11) is 0. The van der Waals surface area contributed by atoms with Crippen molar-refractivity contribution in [3.8, 4) is 6.07 Å². The summed E-state index contributed by atoms with van der Waals surface area (Å²) in [5.74, 6) is 0.474. The minimum Gasteiger partial charge on any atom is -0.332 e. The first-order valence-corrected chi connectivity index (χ1v) is 5.51. The standard InChI is InChI=1S/C12H17N3/c1-9(2)11-10(3)14-8-15(11)7-12(6-13)4-5-12/h8-9H,4-5,7H2,1-3H3. The molecule has 0 spiro atoms. The number of rotatable bonds is 3. The van der Waals surface area contributed by atoms with E-state index in [0.29, 0.717) is 5.92 Å². The van der Waals surface area contributed by atoms with Crippen LogP contribution >= 0.6 is 0 Å². The summed E-state index contributed by atoms with van der Waals surface area (Å²) < 4.78 is 2.16. The maximum atomic E-state index is 9.07. The van der Waals surface area contributed by atoms with Gasteiger partial charge >= 0.3 is 0 Å². The molecule has 0 saturated heterocycles. The molecular formula is C12H17N3. The molecule has 0 amide bonds. The first kappa shape index (κ1) is 10.2. The van der Waals surface area contributed by atoms with E-state index in [1.54, 1.807) is 0 Å². The molecular weight excluding hydrogens is 186 g/mol. The average molecular weight is 203 g/mol. The molecule has 0 unspecified atom stereocenters. The Kier molecular flexibility index (Phi) is 2.30. The lowest BCUT2D eigenvalue weighted by molar-refractivity contribution is 0.505. The van der Waals surface area contributed by atoms with Gasteiger partial charge in [0.1, 0.15) is 0 Å². The molecule has 1 saturated carbocycles. The lowest BCUT2D eigenvalue weighted by atomic mass is 10.1. The Hall–Kier alpha value is -1.30. The third-order valence-corrected chi connectivity index (χ3v) is 3.18. The number of nitriles is 1. The average Bonchev–Trinajstić information content (AvgIpc) is 2.85. The molecule has 1 aromatic rings. The lowest BCUT2D eigenvalue weighted by Crippen LogP contribution is -2.12. The van der Waals surface area contributed by atoms with Crippen LogP contribution in [0.4, 0.5) is 0 Å². The summed E-state index contributed by atoms with van der Waals surface area (Å²) in [5.41, 5.74) is 2.28. The molecule has 2 rings (SSSR count). The quantitative estimate of drug-likeness (QED) is 0.757. The summed E-state index contributed by atoms with van der Waals surface area (Å²) in [4.78, 5) is 4.34. The molecule has 1 aliphatic rings. The monoisotopic (exact) mass is 203 g/mol. The van der Waals surface area contributed by atoms with E-state index in [2.05, 4.69) is 29.5 Å². The van der Waals surface area contributed by atoms with E-state index in [0.717, 1.165) is 25.1 Å². The highest BCUT2D eigenvalue weighted by Crippen LogP contribution is 2.46.